The highest BCUT2D eigenvalue weighted by atomic mass is 32.2. The van der Waals surface area contributed by atoms with Gasteiger partial charge in [-0.3, -0.25) is 15.6 Å². The van der Waals surface area contributed by atoms with Gasteiger partial charge in [0.15, 0.2) is 9.84 Å². The fraction of sp³-hybridized carbons (Fsp3) is 0.125. The Hall–Kier alpha value is -2.59. The smallest absolute Gasteiger partial charge is 0.239 e. The Morgan fingerprint density at radius 2 is 1.85 bits per heavy atom. The van der Waals surface area contributed by atoms with E-state index in [1.807, 2.05) is 0 Å². The second-order valence-corrected chi connectivity index (χ2v) is 8.44. The van der Waals surface area contributed by atoms with E-state index in [1.54, 1.807) is 12.1 Å². The largest absolute Gasteiger partial charge is 0.273 e. The molecule has 0 atom stereocenters. The molecule has 1 heterocycles. The van der Waals surface area contributed by atoms with Crippen LogP contribution in [0.3, 0.4) is 0 Å². The van der Waals surface area contributed by atoms with Crippen LogP contribution in [0.4, 0.5) is 13.9 Å². The summed E-state index contributed by atoms with van der Waals surface area (Å²) < 4.78 is 51.2. The number of hydrogen-bond donors (Lipinski definition) is 2. The topological polar surface area (TPSA) is 88.2 Å². The van der Waals surface area contributed by atoms with Gasteiger partial charge in [0.05, 0.1) is 15.3 Å². The Kier molecular flexibility index (Phi) is 5.14. The van der Waals surface area contributed by atoms with Gasteiger partial charge in [-0.2, -0.15) is 0 Å². The third-order valence-corrected chi connectivity index (χ3v) is 6.12. The summed E-state index contributed by atoms with van der Waals surface area (Å²) in [6.45, 7) is 0. The summed E-state index contributed by atoms with van der Waals surface area (Å²) in [7, 11) is -3.70. The number of sulfone groups is 1. The van der Waals surface area contributed by atoms with Gasteiger partial charge in [-0.15, -0.1) is 0 Å². The van der Waals surface area contributed by atoms with Crippen LogP contribution in [-0.2, 0) is 14.6 Å². The highest BCUT2D eigenvalue weighted by Crippen LogP contribution is 2.26. The summed E-state index contributed by atoms with van der Waals surface area (Å²) in [5, 5.41) is 0.278. The minimum atomic E-state index is -3.70. The lowest BCUT2D eigenvalue weighted by molar-refractivity contribution is -0.120. The molecule has 3 rings (SSSR count). The van der Waals surface area contributed by atoms with Crippen molar-refractivity contribution in [3.63, 3.8) is 0 Å². The van der Waals surface area contributed by atoms with Crippen molar-refractivity contribution in [2.24, 2.45) is 0 Å². The molecule has 0 aliphatic carbocycles. The molecule has 0 saturated carbocycles. The Bertz CT molecular complexity index is 1050. The van der Waals surface area contributed by atoms with Crippen LogP contribution < -0.4 is 10.9 Å². The maximum atomic E-state index is 13.6. The van der Waals surface area contributed by atoms with Crippen molar-refractivity contribution in [3.8, 4) is 0 Å². The number of carbonyl (C=O) groups excluding carboxylic acids is 1. The second-order valence-electron chi connectivity index (χ2n) is 5.30. The molecule has 1 amide bonds. The SMILES string of the molecule is O=C(CCS(=O)(=O)c1ccc(F)cc1)NNc1nc2c(F)cccc2s1. The first-order valence-electron chi connectivity index (χ1n) is 7.43. The van der Waals surface area contributed by atoms with Crippen LogP contribution >= 0.6 is 11.3 Å². The maximum absolute atomic E-state index is 13.6. The van der Waals surface area contributed by atoms with Gasteiger partial charge < -0.3 is 0 Å². The molecule has 0 spiro atoms. The average Bonchev–Trinajstić information content (AvgIpc) is 3.03. The van der Waals surface area contributed by atoms with Crippen LogP contribution in [0.15, 0.2) is 47.4 Å². The lowest BCUT2D eigenvalue weighted by Gasteiger charge is -2.06. The lowest BCUT2D eigenvalue weighted by Crippen LogP contribution is -2.30. The number of rotatable bonds is 6. The van der Waals surface area contributed by atoms with E-state index in [2.05, 4.69) is 15.8 Å². The summed E-state index contributed by atoms with van der Waals surface area (Å²) in [6, 6.07) is 8.91. The number of halogens is 2. The first kappa shape index (κ1) is 18.2. The summed E-state index contributed by atoms with van der Waals surface area (Å²) in [5.41, 5.74) is 5.05. The molecule has 26 heavy (non-hydrogen) atoms. The standard InChI is InChI=1S/C16H13F2N3O3S2/c17-10-4-6-11(7-5-10)26(23,24)9-8-14(22)20-21-16-19-15-12(18)2-1-3-13(15)25-16/h1-7H,8-9H2,(H,19,21)(H,20,22). The Morgan fingerprint density at radius 3 is 2.54 bits per heavy atom. The van der Waals surface area contributed by atoms with E-state index in [0.717, 1.165) is 35.6 Å². The molecule has 0 aliphatic rings. The third kappa shape index (κ3) is 4.14. The summed E-state index contributed by atoms with van der Waals surface area (Å²) in [6.07, 6.45) is -0.300. The molecule has 10 heteroatoms. The van der Waals surface area contributed by atoms with E-state index in [9.17, 15) is 22.0 Å². The van der Waals surface area contributed by atoms with Gasteiger partial charge in [0.25, 0.3) is 0 Å². The number of nitrogens with zero attached hydrogens (tertiary/aromatic N) is 1. The highest BCUT2D eigenvalue weighted by molar-refractivity contribution is 7.91. The number of anilines is 1. The quantitative estimate of drug-likeness (QED) is 0.493. The van der Waals surface area contributed by atoms with Gasteiger partial charge >= 0.3 is 0 Å². The van der Waals surface area contributed by atoms with E-state index >= 15 is 0 Å². The van der Waals surface area contributed by atoms with Crippen LogP contribution in [0.1, 0.15) is 6.42 Å². The fourth-order valence-corrected chi connectivity index (χ4v) is 4.22. The van der Waals surface area contributed by atoms with Crippen molar-refractivity contribution in [1.82, 2.24) is 10.4 Å². The van der Waals surface area contributed by atoms with Crippen molar-refractivity contribution < 1.29 is 22.0 Å². The normalized spacial score (nSPS) is 11.5. The van der Waals surface area contributed by atoms with E-state index < -0.39 is 33.1 Å². The van der Waals surface area contributed by atoms with Gasteiger partial charge in [-0.05, 0) is 36.4 Å². The monoisotopic (exact) mass is 397 g/mol. The first-order chi connectivity index (χ1) is 12.3. The molecule has 6 nitrogen and oxygen atoms in total. The number of amides is 1. The molecule has 0 fully saturated rings. The molecule has 0 radical (unpaired) electrons. The molecule has 0 unspecified atom stereocenters. The Morgan fingerprint density at radius 1 is 1.12 bits per heavy atom. The number of aromatic nitrogens is 1. The molecular weight excluding hydrogens is 384 g/mol. The highest BCUT2D eigenvalue weighted by Gasteiger charge is 2.17. The van der Waals surface area contributed by atoms with Crippen molar-refractivity contribution in [2.45, 2.75) is 11.3 Å². The minimum absolute atomic E-state index is 0.0543. The number of fused-ring (bicyclic) bond motifs is 1. The Balaban J connectivity index is 1.56. The van der Waals surface area contributed by atoms with Crippen molar-refractivity contribution in [2.75, 3.05) is 11.2 Å². The number of para-hydroxylation sites is 1. The molecule has 136 valence electrons. The molecule has 0 saturated heterocycles. The third-order valence-electron chi connectivity index (χ3n) is 3.45. The number of carbonyl (C=O) groups is 1. The zero-order valence-corrected chi connectivity index (χ0v) is 14.8. The second kappa shape index (κ2) is 7.34. The van der Waals surface area contributed by atoms with Crippen molar-refractivity contribution in [3.05, 3.63) is 54.1 Å². The summed E-state index contributed by atoms with van der Waals surface area (Å²) >= 11 is 1.14. The predicted octanol–water partition coefficient (Wildman–Crippen LogP) is 2.88. The van der Waals surface area contributed by atoms with Gasteiger partial charge in [-0.25, -0.2) is 22.2 Å². The van der Waals surface area contributed by atoms with E-state index in [0.29, 0.717) is 4.70 Å². The molecule has 0 aliphatic heterocycles. The molecule has 2 aromatic carbocycles. The zero-order chi connectivity index (χ0) is 18.7. The molecule has 3 aromatic rings. The van der Waals surface area contributed by atoms with E-state index in [4.69, 9.17) is 0 Å². The lowest BCUT2D eigenvalue weighted by atomic mass is 10.3. The first-order valence-corrected chi connectivity index (χ1v) is 9.90. The minimum Gasteiger partial charge on any atom is -0.273 e. The van der Waals surface area contributed by atoms with Gasteiger partial charge in [-0.1, -0.05) is 17.4 Å². The number of hydrogen-bond acceptors (Lipinski definition) is 6. The van der Waals surface area contributed by atoms with Gasteiger partial charge in [0, 0.05) is 6.42 Å². The summed E-state index contributed by atoms with van der Waals surface area (Å²) in [4.78, 5) is 15.8. The number of nitrogens with one attached hydrogen (secondary N) is 2. The van der Waals surface area contributed by atoms with Crippen LogP contribution in [-0.4, -0.2) is 25.1 Å². The molecule has 0 bridgehead atoms. The maximum Gasteiger partial charge on any atom is 0.239 e. The number of thiazole rings is 1. The molecule has 2 N–H and O–H groups in total. The van der Waals surface area contributed by atoms with Gasteiger partial charge in [0.1, 0.15) is 17.2 Å². The summed E-state index contributed by atoms with van der Waals surface area (Å²) in [5.74, 6) is -2.02. The van der Waals surface area contributed by atoms with E-state index in [-0.39, 0.29) is 22.0 Å². The average molecular weight is 397 g/mol. The van der Waals surface area contributed by atoms with Crippen LogP contribution in [0.25, 0.3) is 10.2 Å². The number of benzene rings is 2. The molecule has 1 aromatic heterocycles. The van der Waals surface area contributed by atoms with E-state index in [1.165, 1.54) is 6.07 Å². The van der Waals surface area contributed by atoms with Crippen LogP contribution in [0, 0.1) is 11.6 Å². The van der Waals surface area contributed by atoms with Crippen molar-refractivity contribution in [1.29, 1.82) is 0 Å². The zero-order valence-electron chi connectivity index (χ0n) is 13.2. The predicted molar refractivity (Wildman–Crippen MR) is 94.4 cm³/mol. The van der Waals surface area contributed by atoms with Crippen LogP contribution in [0.5, 0.6) is 0 Å². The van der Waals surface area contributed by atoms with Crippen LogP contribution in [0.2, 0.25) is 0 Å². The fourth-order valence-electron chi connectivity index (χ4n) is 2.14. The van der Waals surface area contributed by atoms with Gasteiger partial charge in [0.2, 0.25) is 11.0 Å². The number of hydrazine groups is 1. The van der Waals surface area contributed by atoms with Crippen molar-refractivity contribution >= 4 is 42.4 Å². The molecular formula is C16H13F2N3O3S2. The Labute approximate surface area is 151 Å².